The fourth-order valence-corrected chi connectivity index (χ4v) is 3.25. The summed E-state index contributed by atoms with van der Waals surface area (Å²) in [4.78, 5) is 9.43. The minimum atomic E-state index is -0.993. The highest BCUT2D eigenvalue weighted by molar-refractivity contribution is 6.13. The molecule has 0 saturated heterocycles. The number of fused-ring (bicyclic) bond motifs is 2. The molecule has 4 nitrogen and oxygen atoms in total. The van der Waals surface area contributed by atoms with Gasteiger partial charge in [-0.1, -0.05) is 19.9 Å². The van der Waals surface area contributed by atoms with E-state index in [-0.39, 0.29) is 10.9 Å². The zero-order valence-corrected chi connectivity index (χ0v) is 15.0. The molecule has 0 atom stereocenters. The minimum Gasteiger partial charge on any atom is -0.274 e. The van der Waals surface area contributed by atoms with Gasteiger partial charge in [0.1, 0.15) is 16.9 Å². The predicted octanol–water partition coefficient (Wildman–Crippen LogP) is 4.21. The Morgan fingerprint density at radius 1 is 0.962 bits per heavy atom. The van der Waals surface area contributed by atoms with Gasteiger partial charge in [-0.05, 0) is 43.7 Å². The minimum absolute atomic E-state index is 0.0917. The van der Waals surface area contributed by atoms with Crippen LogP contribution >= 0.6 is 0 Å². The smallest absolute Gasteiger partial charge is 0.186 e. The maximum absolute atomic E-state index is 13.9. The first kappa shape index (κ1) is 16.7. The zero-order chi connectivity index (χ0) is 18.7. The normalized spacial score (nSPS) is 17.7. The average molecular weight is 352 g/mol. The van der Waals surface area contributed by atoms with Gasteiger partial charge >= 0.3 is 0 Å². The molecule has 0 saturated carbocycles. The van der Waals surface area contributed by atoms with Crippen LogP contribution in [-0.4, -0.2) is 26.4 Å². The Morgan fingerprint density at radius 2 is 1.73 bits per heavy atom. The Balaban J connectivity index is 1.97. The van der Waals surface area contributed by atoms with Crippen LogP contribution in [0.3, 0.4) is 0 Å². The Labute approximate surface area is 150 Å². The van der Waals surface area contributed by atoms with Crippen molar-refractivity contribution in [3.63, 3.8) is 0 Å². The molecule has 4 rings (SSSR count). The first-order valence-corrected chi connectivity index (χ1v) is 8.40. The maximum Gasteiger partial charge on any atom is 0.186 e. The van der Waals surface area contributed by atoms with E-state index < -0.39 is 17.2 Å². The molecule has 0 N–H and O–H groups in total. The van der Waals surface area contributed by atoms with E-state index in [4.69, 9.17) is 4.99 Å². The number of aromatic nitrogens is 3. The molecule has 1 aliphatic rings. The molecule has 1 aromatic carbocycles. The van der Waals surface area contributed by atoms with E-state index in [2.05, 4.69) is 42.9 Å². The van der Waals surface area contributed by atoms with Gasteiger partial charge in [0.2, 0.25) is 0 Å². The van der Waals surface area contributed by atoms with Gasteiger partial charge in [-0.2, -0.15) is 0 Å². The Hall–Kier alpha value is -2.76. The fraction of sp³-hybridized carbons (Fsp3) is 0.300. The molecule has 132 valence electrons. The lowest BCUT2D eigenvalue weighted by atomic mass is 9.67. The zero-order valence-electron chi connectivity index (χ0n) is 15.0. The number of pyridine rings is 1. The van der Waals surface area contributed by atoms with Gasteiger partial charge in [0.25, 0.3) is 0 Å². The van der Waals surface area contributed by atoms with Crippen LogP contribution in [-0.2, 0) is 5.41 Å². The molecule has 2 aromatic heterocycles. The van der Waals surface area contributed by atoms with Gasteiger partial charge in [-0.3, -0.25) is 9.98 Å². The lowest BCUT2D eigenvalue weighted by molar-refractivity contribution is 0.302. The highest BCUT2D eigenvalue weighted by atomic mass is 19.2. The van der Waals surface area contributed by atoms with Crippen molar-refractivity contribution >= 4 is 16.6 Å². The van der Waals surface area contributed by atoms with E-state index >= 15 is 0 Å². The van der Waals surface area contributed by atoms with Crippen molar-refractivity contribution in [1.82, 2.24) is 15.2 Å². The summed E-state index contributed by atoms with van der Waals surface area (Å²) in [5, 5.41) is 8.49. The second-order valence-electron chi connectivity index (χ2n) is 7.57. The van der Waals surface area contributed by atoms with Crippen LogP contribution in [0.15, 0.2) is 41.5 Å². The maximum atomic E-state index is 13.9. The third kappa shape index (κ3) is 2.25. The third-order valence-electron chi connectivity index (χ3n) is 5.52. The molecule has 0 bridgehead atoms. The van der Waals surface area contributed by atoms with Crippen molar-refractivity contribution < 1.29 is 8.78 Å². The number of aliphatic imine (C=N–C) groups is 1. The lowest BCUT2D eigenvalue weighted by Crippen LogP contribution is -2.46. The van der Waals surface area contributed by atoms with E-state index in [1.165, 1.54) is 6.07 Å². The van der Waals surface area contributed by atoms with Crippen molar-refractivity contribution in [3.8, 4) is 0 Å². The molecular formula is C20H18F2N4. The molecule has 1 aliphatic heterocycles. The molecule has 0 fully saturated rings. The van der Waals surface area contributed by atoms with Gasteiger partial charge in [-0.25, -0.2) is 8.78 Å². The highest BCUT2D eigenvalue weighted by Crippen LogP contribution is 2.43. The quantitative estimate of drug-likeness (QED) is 0.659. The summed E-state index contributed by atoms with van der Waals surface area (Å²) in [5.41, 5.74) is 2.21. The van der Waals surface area contributed by atoms with Gasteiger partial charge in [0.15, 0.2) is 11.6 Å². The summed E-state index contributed by atoms with van der Waals surface area (Å²) in [6.45, 7) is 8.40. The van der Waals surface area contributed by atoms with Crippen LogP contribution in [0, 0.1) is 11.6 Å². The van der Waals surface area contributed by atoms with E-state index in [9.17, 15) is 8.78 Å². The van der Waals surface area contributed by atoms with Crippen LogP contribution in [0.4, 0.5) is 8.78 Å². The molecule has 0 radical (unpaired) electrons. The van der Waals surface area contributed by atoms with E-state index in [1.54, 1.807) is 12.3 Å². The van der Waals surface area contributed by atoms with E-state index in [0.717, 1.165) is 17.3 Å². The SMILES string of the molecule is CC1(C)N=C(c2cc3ccc(F)c(F)c3nn2)c2ncccc2C1(C)C. The summed E-state index contributed by atoms with van der Waals surface area (Å²) in [7, 11) is 0. The number of benzene rings is 1. The molecular weight excluding hydrogens is 334 g/mol. The van der Waals surface area contributed by atoms with Crippen molar-refractivity contribution in [2.75, 3.05) is 0 Å². The van der Waals surface area contributed by atoms with Crippen LogP contribution in [0.5, 0.6) is 0 Å². The third-order valence-corrected chi connectivity index (χ3v) is 5.52. The summed E-state index contributed by atoms with van der Waals surface area (Å²) >= 11 is 0. The Morgan fingerprint density at radius 3 is 2.50 bits per heavy atom. The van der Waals surface area contributed by atoms with Gasteiger partial charge in [0, 0.05) is 17.0 Å². The molecule has 0 aliphatic carbocycles. The molecule has 26 heavy (non-hydrogen) atoms. The monoisotopic (exact) mass is 352 g/mol. The average Bonchev–Trinajstić information content (AvgIpc) is 2.61. The van der Waals surface area contributed by atoms with E-state index in [0.29, 0.717) is 16.8 Å². The number of rotatable bonds is 1. The van der Waals surface area contributed by atoms with Crippen molar-refractivity contribution in [3.05, 3.63) is 65.1 Å². The predicted molar refractivity (Wildman–Crippen MR) is 96.4 cm³/mol. The number of hydrogen-bond donors (Lipinski definition) is 0. The summed E-state index contributed by atoms with van der Waals surface area (Å²) < 4.78 is 27.3. The second-order valence-corrected chi connectivity index (χ2v) is 7.57. The second kappa shape index (κ2) is 5.37. The van der Waals surface area contributed by atoms with Gasteiger partial charge < -0.3 is 0 Å². The van der Waals surface area contributed by atoms with Crippen LogP contribution in [0.1, 0.15) is 44.6 Å². The summed E-state index contributed by atoms with van der Waals surface area (Å²) in [5.74, 6) is -1.93. The molecule has 3 aromatic rings. The first-order chi connectivity index (χ1) is 12.2. The number of nitrogens with zero attached hydrogens (tertiary/aromatic N) is 4. The Bertz CT molecular complexity index is 1070. The molecule has 0 amide bonds. The van der Waals surface area contributed by atoms with Crippen molar-refractivity contribution in [2.24, 2.45) is 4.99 Å². The topological polar surface area (TPSA) is 51.0 Å². The van der Waals surface area contributed by atoms with Gasteiger partial charge in [0.05, 0.1) is 11.2 Å². The molecule has 0 spiro atoms. The fourth-order valence-electron chi connectivity index (χ4n) is 3.25. The first-order valence-electron chi connectivity index (χ1n) is 8.40. The largest absolute Gasteiger partial charge is 0.274 e. The standard InChI is InChI=1S/C20H18F2N4/c1-19(2)12-6-5-9-23-17(12)18(24-20(19,3)4)14-10-11-7-8-13(21)15(22)16(11)26-25-14/h5-10H,1-4H3. The van der Waals surface area contributed by atoms with Crippen molar-refractivity contribution in [1.29, 1.82) is 0 Å². The van der Waals surface area contributed by atoms with Crippen LogP contribution < -0.4 is 0 Å². The summed E-state index contributed by atoms with van der Waals surface area (Å²) in [6.07, 6.45) is 1.71. The molecule has 0 unspecified atom stereocenters. The number of hydrogen-bond acceptors (Lipinski definition) is 4. The summed E-state index contributed by atoms with van der Waals surface area (Å²) in [6, 6.07) is 8.21. The molecule has 3 heterocycles. The Kier molecular flexibility index (Phi) is 3.45. The van der Waals surface area contributed by atoms with Gasteiger partial charge in [-0.15, -0.1) is 10.2 Å². The van der Waals surface area contributed by atoms with Crippen molar-refractivity contribution in [2.45, 2.75) is 38.6 Å². The highest BCUT2D eigenvalue weighted by Gasteiger charge is 2.44. The van der Waals surface area contributed by atoms with Crippen LogP contribution in [0.25, 0.3) is 10.9 Å². The molecule has 6 heteroatoms. The van der Waals surface area contributed by atoms with Crippen LogP contribution in [0.2, 0.25) is 0 Å². The number of halogens is 2. The lowest BCUT2D eigenvalue weighted by Gasteiger charge is -2.43. The van der Waals surface area contributed by atoms with E-state index in [1.807, 2.05) is 12.1 Å².